The molecular formula is C44H38F2N6O4. The van der Waals surface area contributed by atoms with Crippen molar-refractivity contribution in [3.63, 3.8) is 0 Å². The highest BCUT2D eigenvalue weighted by Gasteiger charge is 2.15. The number of aryl methyl sites for hydroxylation is 2. The minimum Gasteiger partial charge on any atom is -0.508 e. The summed E-state index contributed by atoms with van der Waals surface area (Å²) in [6.45, 7) is 4.05. The van der Waals surface area contributed by atoms with Crippen molar-refractivity contribution in [1.82, 2.24) is 18.8 Å². The average molecular weight is 753 g/mol. The minimum absolute atomic E-state index is 0. The number of amides is 2. The van der Waals surface area contributed by atoms with Gasteiger partial charge in [-0.1, -0.05) is 43.8 Å². The lowest BCUT2D eigenvalue weighted by atomic mass is 10.1. The normalized spacial score (nSPS) is 10.7. The Balaban J connectivity index is 0.000000187. The predicted molar refractivity (Wildman–Crippen MR) is 214 cm³/mol. The first-order valence-corrected chi connectivity index (χ1v) is 17.1. The molecule has 4 heterocycles. The molecule has 0 aliphatic heterocycles. The summed E-state index contributed by atoms with van der Waals surface area (Å²) in [7, 11) is 1.44. The fourth-order valence-electron chi connectivity index (χ4n) is 5.82. The van der Waals surface area contributed by atoms with Gasteiger partial charge in [0, 0.05) is 59.4 Å². The highest BCUT2D eigenvalue weighted by molar-refractivity contribution is 6.05. The molecule has 282 valence electrons. The van der Waals surface area contributed by atoms with Gasteiger partial charge >= 0.3 is 0 Å². The first kappa shape index (κ1) is 38.4. The third-order valence-electron chi connectivity index (χ3n) is 8.69. The number of aromatic hydroxyl groups is 1. The zero-order valence-corrected chi connectivity index (χ0v) is 29.9. The van der Waals surface area contributed by atoms with Crippen LogP contribution < -0.4 is 15.4 Å². The number of phenols is 1. The molecule has 0 saturated carbocycles. The molecule has 56 heavy (non-hydrogen) atoms. The summed E-state index contributed by atoms with van der Waals surface area (Å²) in [6, 6.07) is 29.9. The van der Waals surface area contributed by atoms with E-state index in [-0.39, 0.29) is 24.3 Å². The number of phenolic OH excluding ortho intramolecular Hbond substituents is 1. The molecule has 0 saturated heterocycles. The molecule has 4 aromatic carbocycles. The molecule has 0 unspecified atom stereocenters. The fraction of sp³-hybridized carbons (Fsp3) is 0.0909. The van der Waals surface area contributed by atoms with Gasteiger partial charge in [0.1, 0.15) is 34.4 Å². The van der Waals surface area contributed by atoms with Crippen LogP contribution in [0.3, 0.4) is 0 Å². The molecule has 12 heteroatoms. The Morgan fingerprint density at radius 3 is 1.48 bits per heavy atom. The van der Waals surface area contributed by atoms with Gasteiger partial charge in [-0.2, -0.15) is 0 Å². The van der Waals surface area contributed by atoms with Crippen LogP contribution in [-0.2, 0) is 0 Å². The first-order valence-electron chi connectivity index (χ1n) is 17.1. The maximum absolute atomic E-state index is 14.1. The van der Waals surface area contributed by atoms with Gasteiger partial charge in [0.15, 0.2) is 0 Å². The zero-order chi connectivity index (χ0) is 38.6. The first-order chi connectivity index (χ1) is 26.5. The highest BCUT2D eigenvalue weighted by Crippen LogP contribution is 2.25. The Bertz CT molecular complexity index is 2690. The number of pyridine rings is 2. The van der Waals surface area contributed by atoms with Crippen molar-refractivity contribution in [3.8, 4) is 34.0 Å². The number of halogens is 2. The molecule has 0 aliphatic rings. The van der Waals surface area contributed by atoms with E-state index in [2.05, 4.69) is 20.6 Å². The van der Waals surface area contributed by atoms with Gasteiger partial charge in [-0.15, -0.1) is 0 Å². The van der Waals surface area contributed by atoms with E-state index in [9.17, 15) is 23.5 Å². The zero-order valence-electron chi connectivity index (χ0n) is 29.9. The van der Waals surface area contributed by atoms with Crippen molar-refractivity contribution in [2.75, 3.05) is 17.7 Å². The molecule has 0 atom stereocenters. The van der Waals surface area contributed by atoms with Gasteiger partial charge in [0.25, 0.3) is 11.8 Å². The average Bonchev–Trinajstić information content (AvgIpc) is 3.79. The number of anilines is 2. The number of rotatable bonds is 7. The van der Waals surface area contributed by atoms with Crippen LogP contribution in [0, 0.1) is 25.5 Å². The summed E-state index contributed by atoms with van der Waals surface area (Å²) in [5.74, 6) is -2.37. The van der Waals surface area contributed by atoms with Crippen LogP contribution in [0.15, 0.2) is 134 Å². The Kier molecular flexibility index (Phi) is 11.2. The number of hydrogen-bond donors (Lipinski definition) is 3. The van der Waals surface area contributed by atoms with Crippen LogP contribution in [0.4, 0.5) is 20.2 Å². The van der Waals surface area contributed by atoms with Crippen LogP contribution in [0.5, 0.6) is 11.5 Å². The topological polar surface area (TPSA) is 122 Å². The van der Waals surface area contributed by atoms with Crippen molar-refractivity contribution < 1.29 is 28.2 Å². The Morgan fingerprint density at radius 1 is 0.607 bits per heavy atom. The number of carbonyl (C=O) groups excluding carboxylic acids is 2. The van der Waals surface area contributed by atoms with E-state index >= 15 is 0 Å². The van der Waals surface area contributed by atoms with E-state index in [1.165, 1.54) is 31.4 Å². The standard InChI is InChI=1S/C22H18FN3O2.C21H16FN3O2.CH4/c1-14-3-10-21-25-20(13-26(21)12-14)15-4-6-16(7-5-15)24-22(27)18-9-8-17(28-2)11-19(18)23;1-13-2-9-20-24-19(12-25(20)11-13)14-3-5-15(6-4-14)23-21(27)17-8-7-16(26)10-18(17)22;/h3-13H,1-2H3,(H,24,27);2-12,26H,1H3,(H,23,27);1H4. The van der Waals surface area contributed by atoms with Crippen LogP contribution >= 0.6 is 0 Å². The van der Waals surface area contributed by atoms with Gasteiger partial charge in [-0.3, -0.25) is 9.59 Å². The predicted octanol–water partition coefficient (Wildman–Crippen LogP) is 9.75. The number of nitrogens with one attached hydrogen (secondary N) is 2. The second kappa shape index (κ2) is 16.4. The molecule has 4 aromatic heterocycles. The summed E-state index contributed by atoms with van der Waals surface area (Å²) in [5.41, 5.74) is 8.45. The molecule has 8 rings (SSSR count). The van der Waals surface area contributed by atoms with E-state index in [1.807, 2.05) is 96.0 Å². The van der Waals surface area contributed by atoms with Gasteiger partial charge < -0.3 is 29.3 Å². The number of carbonyl (C=O) groups is 2. The Labute approximate surface area is 321 Å². The van der Waals surface area contributed by atoms with Crippen LogP contribution in [-0.4, -0.2) is 42.8 Å². The van der Waals surface area contributed by atoms with E-state index < -0.39 is 23.4 Å². The SMILES string of the molecule is C.COc1ccc(C(=O)Nc2ccc(-c3cn4cc(C)ccc4n3)cc2)c(F)c1.Cc1ccc2nc(-c3ccc(NC(=O)c4ccc(O)cc4F)cc3)cn2c1. The number of fused-ring (bicyclic) bond motifs is 2. The molecule has 2 amide bonds. The number of benzene rings is 4. The van der Waals surface area contributed by atoms with Gasteiger partial charge in [0.2, 0.25) is 0 Å². The second-order valence-electron chi connectivity index (χ2n) is 12.8. The Hall–Kier alpha value is -7.34. The summed E-state index contributed by atoms with van der Waals surface area (Å²) < 4.78 is 36.7. The third kappa shape index (κ3) is 8.55. The van der Waals surface area contributed by atoms with Crippen LogP contribution in [0.1, 0.15) is 39.3 Å². The maximum atomic E-state index is 14.1. The van der Waals surface area contributed by atoms with Crippen LogP contribution in [0.25, 0.3) is 33.8 Å². The molecule has 0 bridgehead atoms. The van der Waals surface area contributed by atoms with Gasteiger partial charge in [0.05, 0.1) is 29.6 Å². The molecule has 3 N–H and O–H groups in total. The molecular weight excluding hydrogens is 715 g/mol. The molecule has 8 aromatic rings. The lowest BCUT2D eigenvalue weighted by Gasteiger charge is -2.08. The maximum Gasteiger partial charge on any atom is 0.258 e. The molecule has 0 spiro atoms. The lowest BCUT2D eigenvalue weighted by Crippen LogP contribution is -2.13. The highest BCUT2D eigenvalue weighted by atomic mass is 19.1. The quantitative estimate of drug-likeness (QED) is 0.149. The van der Waals surface area contributed by atoms with Crippen LogP contribution in [0.2, 0.25) is 0 Å². The summed E-state index contributed by atoms with van der Waals surface area (Å²) in [5, 5.41) is 14.6. The fourth-order valence-corrected chi connectivity index (χ4v) is 5.82. The molecule has 0 fully saturated rings. The Morgan fingerprint density at radius 2 is 1.05 bits per heavy atom. The lowest BCUT2D eigenvalue weighted by molar-refractivity contribution is 0.101. The molecule has 0 radical (unpaired) electrons. The number of hydrogen-bond acceptors (Lipinski definition) is 6. The third-order valence-corrected chi connectivity index (χ3v) is 8.69. The van der Waals surface area contributed by atoms with Crippen molar-refractivity contribution >= 4 is 34.5 Å². The van der Waals surface area contributed by atoms with Crippen molar-refractivity contribution in [2.24, 2.45) is 0 Å². The summed E-state index contributed by atoms with van der Waals surface area (Å²) in [4.78, 5) is 33.7. The molecule has 0 aliphatic carbocycles. The minimum atomic E-state index is -0.774. The van der Waals surface area contributed by atoms with Gasteiger partial charge in [-0.05, 0) is 85.6 Å². The smallest absolute Gasteiger partial charge is 0.258 e. The van der Waals surface area contributed by atoms with Crippen molar-refractivity contribution in [2.45, 2.75) is 21.3 Å². The number of ether oxygens (including phenoxy) is 1. The van der Waals surface area contributed by atoms with Crippen molar-refractivity contribution in [1.29, 1.82) is 0 Å². The number of nitrogens with zero attached hydrogens (tertiary/aromatic N) is 4. The monoisotopic (exact) mass is 752 g/mol. The number of methoxy groups -OCH3 is 1. The largest absolute Gasteiger partial charge is 0.508 e. The second-order valence-corrected chi connectivity index (χ2v) is 12.8. The van der Waals surface area contributed by atoms with Gasteiger partial charge in [-0.25, -0.2) is 18.7 Å². The van der Waals surface area contributed by atoms with E-state index in [0.29, 0.717) is 17.1 Å². The number of imidazole rings is 2. The molecule has 10 nitrogen and oxygen atoms in total. The summed E-state index contributed by atoms with van der Waals surface area (Å²) in [6.07, 6.45) is 7.93. The summed E-state index contributed by atoms with van der Waals surface area (Å²) >= 11 is 0. The van der Waals surface area contributed by atoms with E-state index in [4.69, 9.17) is 4.74 Å². The van der Waals surface area contributed by atoms with Crippen molar-refractivity contribution in [3.05, 3.63) is 168 Å². The van der Waals surface area contributed by atoms with E-state index in [0.717, 1.165) is 51.0 Å². The number of aromatic nitrogens is 4. The van der Waals surface area contributed by atoms with E-state index in [1.54, 1.807) is 30.3 Å².